The average molecular weight is 256 g/mol. The van der Waals surface area contributed by atoms with Crippen LogP contribution < -0.4 is 5.32 Å². The van der Waals surface area contributed by atoms with Crippen molar-refractivity contribution in [1.29, 1.82) is 0 Å². The van der Waals surface area contributed by atoms with Crippen molar-refractivity contribution in [3.8, 4) is 0 Å². The predicted molar refractivity (Wildman–Crippen MR) is 72.8 cm³/mol. The maximum absolute atomic E-state index is 12.2. The van der Waals surface area contributed by atoms with Crippen LogP contribution in [0.3, 0.4) is 0 Å². The molecular weight excluding hydrogens is 240 g/mol. The Hall–Kier alpha value is -1.94. The highest BCUT2D eigenvalue weighted by Crippen LogP contribution is 2.44. The summed E-state index contributed by atoms with van der Waals surface area (Å²) in [5.41, 5.74) is 1.39. The molecular formula is C15H16N2O2. The van der Waals surface area contributed by atoms with Gasteiger partial charge in [-0.2, -0.15) is 0 Å². The van der Waals surface area contributed by atoms with Gasteiger partial charge in [0.1, 0.15) is 0 Å². The zero-order valence-electron chi connectivity index (χ0n) is 10.6. The van der Waals surface area contributed by atoms with E-state index in [1.54, 1.807) is 12.3 Å². The molecule has 1 heterocycles. The molecule has 1 aromatic heterocycles. The SMILES string of the molecule is O=C(NCC1(CO)CC1)c1cccc2ncccc12. The lowest BCUT2D eigenvalue weighted by atomic mass is 10.1. The second-order valence-corrected chi connectivity index (χ2v) is 5.22. The summed E-state index contributed by atoms with van der Waals surface area (Å²) in [6.07, 6.45) is 3.69. The summed E-state index contributed by atoms with van der Waals surface area (Å²) < 4.78 is 0. The molecule has 4 heteroatoms. The lowest BCUT2D eigenvalue weighted by molar-refractivity contribution is 0.0937. The van der Waals surface area contributed by atoms with Gasteiger partial charge >= 0.3 is 0 Å². The van der Waals surface area contributed by atoms with Crippen LogP contribution in [-0.4, -0.2) is 29.1 Å². The summed E-state index contributed by atoms with van der Waals surface area (Å²) in [5, 5.41) is 13.0. The van der Waals surface area contributed by atoms with E-state index in [2.05, 4.69) is 10.3 Å². The van der Waals surface area contributed by atoms with Crippen molar-refractivity contribution >= 4 is 16.8 Å². The van der Waals surface area contributed by atoms with Crippen molar-refractivity contribution in [2.75, 3.05) is 13.2 Å². The van der Waals surface area contributed by atoms with E-state index in [0.717, 1.165) is 23.7 Å². The number of benzene rings is 1. The molecule has 0 radical (unpaired) electrons. The van der Waals surface area contributed by atoms with Gasteiger partial charge in [0.25, 0.3) is 5.91 Å². The molecule has 1 aromatic carbocycles. The molecule has 0 saturated heterocycles. The van der Waals surface area contributed by atoms with E-state index < -0.39 is 0 Å². The number of nitrogens with one attached hydrogen (secondary N) is 1. The van der Waals surface area contributed by atoms with Gasteiger partial charge in [-0.15, -0.1) is 0 Å². The van der Waals surface area contributed by atoms with Crippen LogP contribution in [0.4, 0.5) is 0 Å². The summed E-state index contributed by atoms with van der Waals surface area (Å²) in [6, 6.07) is 9.26. The van der Waals surface area contributed by atoms with Crippen LogP contribution in [0.25, 0.3) is 10.9 Å². The van der Waals surface area contributed by atoms with Crippen LogP contribution in [0.1, 0.15) is 23.2 Å². The minimum absolute atomic E-state index is 0.0709. The van der Waals surface area contributed by atoms with Crippen molar-refractivity contribution in [2.45, 2.75) is 12.8 Å². The van der Waals surface area contributed by atoms with Crippen LogP contribution in [0.2, 0.25) is 0 Å². The highest BCUT2D eigenvalue weighted by Gasteiger charge is 2.42. The Balaban J connectivity index is 1.82. The molecule has 0 unspecified atom stereocenters. The van der Waals surface area contributed by atoms with Gasteiger partial charge in [0.15, 0.2) is 0 Å². The highest BCUT2D eigenvalue weighted by atomic mass is 16.3. The van der Waals surface area contributed by atoms with E-state index >= 15 is 0 Å². The molecule has 0 aliphatic heterocycles. The van der Waals surface area contributed by atoms with Crippen LogP contribution >= 0.6 is 0 Å². The second-order valence-electron chi connectivity index (χ2n) is 5.22. The average Bonchev–Trinajstić information content (AvgIpc) is 3.25. The van der Waals surface area contributed by atoms with Crippen LogP contribution in [0, 0.1) is 5.41 Å². The topological polar surface area (TPSA) is 62.2 Å². The molecule has 0 spiro atoms. The normalized spacial score (nSPS) is 16.3. The van der Waals surface area contributed by atoms with Gasteiger partial charge in [0.2, 0.25) is 0 Å². The Kier molecular flexibility index (Phi) is 2.95. The van der Waals surface area contributed by atoms with Crippen molar-refractivity contribution in [2.24, 2.45) is 5.41 Å². The summed E-state index contributed by atoms with van der Waals surface area (Å²) in [7, 11) is 0. The van der Waals surface area contributed by atoms with Gasteiger partial charge in [0.05, 0.1) is 12.1 Å². The van der Waals surface area contributed by atoms with E-state index in [9.17, 15) is 9.90 Å². The Morgan fingerprint density at radius 3 is 2.89 bits per heavy atom. The standard InChI is InChI=1S/C15H16N2O2/c18-10-15(6-7-15)9-17-14(19)12-3-1-5-13-11(12)4-2-8-16-13/h1-5,8,18H,6-7,9-10H2,(H,17,19). The summed E-state index contributed by atoms with van der Waals surface area (Å²) >= 11 is 0. The fourth-order valence-corrected chi connectivity index (χ4v) is 2.23. The molecule has 0 atom stereocenters. The van der Waals surface area contributed by atoms with Gasteiger partial charge in [-0.3, -0.25) is 9.78 Å². The van der Waals surface area contributed by atoms with Gasteiger partial charge in [-0.25, -0.2) is 0 Å². The highest BCUT2D eigenvalue weighted by molar-refractivity contribution is 6.06. The number of pyridine rings is 1. The molecule has 1 aliphatic carbocycles. The quantitative estimate of drug-likeness (QED) is 0.875. The first-order chi connectivity index (χ1) is 9.24. The minimum atomic E-state index is -0.0988. The summed E-state index contributed by atoms with van der Waals surface area (Å²) in [5.74, 6) is -0.0988. The lowest BCUT2D eigenvalue weighted by Gasteiger charge is -2.13. The van der Waals surface area contributed by atoms with Crippen LogP contribution in [0.15, 0.2) is 36.5 Å². The molecule has 98 valence electrons. The number of fused-ring (bicyclic) bond motifs is 1. The van der Waals surface area contributed by atoms with E-state index in [-0.39, 0.29) is 17.9 Å². The fourth-order valence-electron chi connectivity index (χ4n) is 2.23. The number of carbonyl (C=O) groups is 1. The fraction of sp³-hybridized carbons (Fsp3) is 0.333. The van der Waals surface area contributed by atoms with Crippen molar-refractivity contribution in [1.82, 2.24) is 10.3 Å². The van der Waals surface area contributed by atoms with E-state index in [0.29, 0.717) is 12.1 Å². The maximum atomic E-state index is 12.2. The lowest BCUT2D eigenvalue weighted by Crippen LogP contribution is -2.31. The first-order valence-corrected chi connectivity index (χ1v) is 6.47. The van der Waals surface area contributed by atoms with Gasteiger partial charge in [-0.1, -0.05) is 12.1 Å². The zero-order valence-corrected chi connectivity index (χ0v) is 10.6. The predicted octanol–water partition coefficient (Wildman–Crippen LogP) is 1.74. The van der Waals surface area contributed by atoms with Gasteiger partial charge in [0, 0.05) is 29.1 Å². The minimum Gasteiger partial charge on any atom is -0.396 e. The number of hydrogen-bond donors (Lipinski definition) is 2. The third kappa shape index (κ3) is 2.31. The number of aliphatic hydroxyl groups is 1. The zero-order chi connectivity index (χ0) is 13.3. The van der Waals surface area contributed by atoms with Gasteiger partial charge in [-0.05, 0) is 31.0 Å². The van der Waals surface area contributed by atoms with Crippen molar-refractivity contribution in [3.63, 3.8) is 0 Å². The largest absolute Gasteiger partial charge is 0.396 e. The summed E-state index contributed by atoms with van der Waals surface area (Å²) in [6.45, 7) is 0.684. The first kappa shape index (κ1) is 12.1. The second kappa shape index (κ2) is 4.63. The molecule has 3 rings (SSSR count). The third-order valence-corrected chi connectivity index (χ3v) is 3.81. The molecule has 19 heavy (non-hydrogen) atoms. The number of amides is 1. The summed E-state index contributed by atoms with van der Waals surface area (Å²) in [4.78, 5) is 16.5. The molecule has 0 bridgehead atoms. The van der Waals surface area contributed by atoms with E-state index in [1.807, 2.05) is 24.3 Å². The Morgan fingerprint density at radius 2 is 2.16 bits per heavy atom. The third-order valence-electron chi connectivity index (χ3n) is 3.81. The molecule has 1 fully saturated rings. The molecule has 2 N–H and O–H groups in total. The van der Waals surface area contributed by atoms with Crippen molar-refractivity contribution in [3.05, 3.63) is 42.1 Å². The number of hydrogen-bond acceptors (Lipinski definition) is 3. The Bertz CT molecular complexity index is 615. The van der Waals surface area contributed by atoms with E-state index in [1.165, 1.54) is 0 Å². The van der Waals surface area contributed by atoms with Crippen molar-refractivity contribution < 1.29 is 9.90 Å². The van der Waals surface area contributed by atoms with Gasteiger partial charge < -0.3 is 10.4 Å². The molecule has 1 aliphatic rings. The Labute approximate surface area is 111 Å². The molecule has 1 saturated carbocycles. The molecule has 4 nitrogen and oxygen atoms in total. The molecule has 1 amide bonds. The van der Waals surface area contributed by atoms with Crippen LogP contribution in [0.5, 0.6) is 0 Å². The monoisotopic (exact) mass is 256 g/mol. The number of carbonyl (C=O) groups excluding carboxylic acids is 1. The molecule has 2 aromatic rings. The number of rotatable bonds is 4. The Morgan fingerprint density at radius 1 is 1.32 bits per heavy atom. The smallest absolute Gasteiger partial charge is 0.251 e. The number of aliphatic hydroxyl groups excluding tert-OH is 1. The number of nitrogens with zero attached hydrogens (tertiary/aromatic N) is 1. The van der Waals surface area contributed by atoms with E-state index in [4.69, 9.17) is 0 Å². The number of aromatic nitrogens is 1. The first-order valence-electron chi connectivity index (χ1n) is 6.47. The maximum Gasteiger partial charge on any atom is 0.251 e. The van der Waals surface area contributed by atoms with Crippen LogP contribution in [-0.2, 0) is 0 Å².